The predicted octanol–water partition coefficient (Wildman–Crippen LogP) is 1.26. The molecule has 0 aliphatic rings. The molecular formula is C11H13N5O. The molecule has 0 saturated heterocycles. The summed E-state index contributed by atoms with van der Waals surface area (Å²) in [5.41, 5.74) is 7.62. The molecule has 6 nitrogen and oxygen atoms in total. The number of aromatic nitrogens is 3. The number of anilines is 2. The molecule has 1 amide bonds. The molecule has 0 aromatic carbocycles. The van der Waals surface area contributed by atoms with Gasteiger partial charge in [-0.15, -0.1) is 0 Å². The molecule has 2 rings (SSSR count). The van der Waals surface area contributed by atoms with Gasteiger partial charge in [0.25, 0.3) is 5.91 Å². The van der Waals surface area contributed by atoms with Crippen LogP contribution < -0.4 is 11.1 Å². The van der Waals surface area contributed by atoms with E-state index < -0.39 is 0 Å². The van der Waals surface area contributed by atoms with E-state index in [0.717, 1.165) is 11.3 Å². The van der Waals surface area contributed by atoms with Crippen LogP contribution in [0.3, 0.4) is 0 Å². The van der Waals surface area contributed by atoms with Gasteiger partial charge in [0, 0.05) is 11.8 Å². The van der Waals surface area contributed by atoms with Crippen molar-refractivity contribution < 1.29 is 4.79 Å². The molecule has 0 atom stereocenters. The van der Waals surface area contributed by atoms with Crippen molar-refractivity contribution in [1.29, 1.82) is 0 Å². The normalized spacial score (nSPS) is 10.2. The summed E-state index contributed by atoms with van der Waals surface area (Å²) in [5, 5.41) is 8.90. The number of aromatic amines is 1. The van der Waals surface area contributed by atoms with Crippen LogP contribution in [0.2, 0.25) is 0 Å². The fourth-order valence-corrected chi connectivity index (χ4v) is 1.54. The number of rotatable bonds is 2. The second-order valence-electron chi connectivity index (χ2n) is 3.83. The number of H-pyrrole nitrogens is 1. The first-order valence-corrected chi connectivity index (χ1v) is 5.12. The van der Waals surface area contributed by atoms with E-state index in [4.69, 9.17) is 5.73 Å². The van der Waals surface area contributed by atoms with E-state index in [2.05, 4.69) is 20.5 Å². The average molecular weight is 231 g/mol. The largest absolute Gasteiger partial charge is 0.382 e. The third-order valence-electron chi connectivity index (χ3n) is 2.18. The van der Waals surface area contributed by atoms with Gasteiger partial charge in [-0.2, -0.15) is 5.10 Å². The summed E-state index contributed by atoms with van der Waals surface area (Å²) in [6, 6.07) is 5.20. The zero-order valence-electron chi connectivity index (χ0n) is 9.61. The van der Waals surface area contributed by atoms with Crippen LogP contribution in [0.15, 0.2) is 18.2 Å². The zero-order valence-corrected chi connectivity index (χ0v) is 9.61. The minimum Gasteiger partial charge on any atom is -0.382 e. The number of carbonyl (C=O) groups excluding carboxylic acids is 1. The van der Waals surface area contributed by atoms with Gasteiger partial charge in [-0.3, -0.25) is 9.89 Å². The van der Waals surface area contributed by atoms with E-state index in [9.17, 15) is 4.79 Å². The first kappa shape index (κ1) is 11.1. The Bertz CT molecular complexity index is 540. The summed E-state index contributed by atoms with van der Waals surface area (Å²) in [6.07, 6.45) is 0. The molecule has 0 aliphatic heterocycles. The van der Waals surface area contributed by atoms with E-state index in [0.29, 0.717) is 11.5 Å². The lowest BCUT2D eigenvalue weighted by atomic mass is 10.2. The first-order chi connectivity index (χ1) is 8.04. The van der Waals surface area contributed by atoms with E-state index in [1.165, 1.54) is 6.07 Å². The van der Waals surface area contributed by atoms with Crippen molar-refractivity contribution in [3.8, 4) is 0 Å². The Morgan fingerprint density at radius 1 is 1.35 bits per heavy atom. The molecule has 17 heavy (non-hydrogen) atoms. The maximum absolute atomic E-state index is 11.8. The number of amides is 1. The Kier molecular flexibility index (Phi) is 2.78. The number of nitrogens with one attached hydrogen (secondary N) is 2. The summed E-state index contributed by atoms with van der Waals surface area (Å²) in [6.45, 7) is 3.81. The average Bonchev–Trinajstić information content (AvgIpc) is 2.63. The number of nitrogens with two attached hydrogens (primary N) is 1. The van der Waals surface area contributed by atoms with E-state index in [1.54, 1.807) is 6.07 Å². The van der Waals surface area contributed by atoms with E-state index >= 15 is 0 Å². The van der Waals surface area contributed by atoms with Gasteiger partial charge in [0.05, 0.1) is 0 Å². The minimum absolute atomic E-state index is 0.281. The van der Waals surface area contributed by atoms with Gasteiger partial charge in [0.1, 0.15) is 17.3 Å². The van der Waals surface area contributed by atoms with Crippen LogP contribution in [0, 0.1) is 13.8 Å². The number of carbonyl (C=O) groups is 1. The second kappa shape index (κ2) is 4.25. The van der Waals surface area contributed by atoms with Gasteiger partial charge >= 0.3 is 0 Å². The van der Waals surface area contributed by atoms with Crippen LogP contribution in [0.1, 0.15) is 21.7 Å². The van der Waals surface area contributed by atoms with Gasteiger partial charge in [0.15, 0.2) is 0 Å². The highest BCUT2D eigenvalue weighted by molar-refractivity contribution is 6.02. The van der Waals surface area contributed by atoms with Crippen molar-refractivity contribution in [2.45, 2.75) is 13.8 Å². The third kappa shape index (κ3) is 2.60. The quantitative estimate of drug-likeness (QED) is 0.724. The summed E-state index contributed by atoms with van der Waals surface area (Å²) in [4.78, 5) is 16.0. The van der Waals surface area contributed by atoms with Crippen LogP contribution in [0.25, 0.3) is 0 Å². The SMILES string of the molecule is Cc1cc(C)nc(NC(=O)c2cc(N)n[nH]2)c1. The highest BCUT2D eigenvalue weighted by atomic mass is 16.2. The molecule has 0 spiro atoms. The Morgan fingerprint density at radius 2 is 2.12 bits per heavy atom. The molecule has 6 heteroatoms. The molecule has 0 radical (unpaired) electrons. The Morgan fingerprint density at radius 3 is 2.71 bits per heavy atom. The first-order valence-electron chi connectivity index (χ1n) is 5.12. The predicted molar refractivity (Wildman–Crippen MR) is 64.7 cm³/mol. The van der Waals surface area contributed by atoms with Crippen LogP contribution in [0.4, 0.5) is 11.6 Å². The highest BCUT2D eigenvalue weighted by Gasteiger charge is 2.09. The maximum atomic E-state index is 11.8. The minimum atomic E-state index is -0.313. The van der Waals surface area contributed by atoms with Crippen LogP contribution in [-0.4, -0.2) is 21.1 Å². The molecule has 0 unspecified atom stereocenters. The Balaban J connectivity index is 2.18. The van der Waals surface area contributed by atoms with Crippen molar-refractivity contribution in [2.24, 2.45) is 0 Å². The van der Waals surface area contributed by atoms with Crippen molar-refractivity contribution >= 4 is 17.5 Å². The lowest BCUT2D eigenvalue weighted by Gasteiger charge is -2.04. The zero-order chi connectivity index (χ0) is 12.4. The van der Waals surface area contributed by atoms with Crippen molar-refractivity contribution in [3.05, 3.63) is 35.2 Å². The van der Waals surface area contributed by atoms with E-state index in [-0.39, 0.29) is 11.7 Å². The molecule has 2 aromatic rings. The number of hydrogen-bond donors (Lipinski definition) is 3. The topological polar surface area (TPSA) is 96.7 Å². The standard InChI is InChI=1S/C11H13N5O/c1-6-3-7(2)13-10(4-6)14-11(17)8-5-9(12)16-15-8/h3-5H,1-2H3,(H3,12,15,16)(H,13,14,17). The molecular weight excluding hydrogens is 218 g/mol. The summed E-state index contributed by atoms with van der Waals surface area (Å²) < 4.78 is 0. The molecule has 0 fully saturated rings. The smallest absolute Gasteiger partial charge is 0.274 e. The van der Waals surface area contributed by atoms with Gasteiger partial charge in [0.2, 0.25) is 0 Å². The summed E-state index contributed by atoms with van der Waals surface area (Å²) >= 11 is 0. The van der Waals surface area contributed by atoms with Crippen molar-refractivity contribution in [1.82, 2.24) is 15.2 Å². The fraction of sp³-hybridized carbons (Fsp3) is 0.182. The summed E-state index contributed by atoms with van der Waals surface area (Å²) in [7, 11) is 0. The third-order valence-corrected chi connectivity index (χ3v) is 2.18. The van der Waals surface area contributed by atoms with Crippen molar-refractivity contribution in [3.63, 3.8) is 0 Å². The lowest BCUT2D eigenvalue weighted by molar-refractivity contribution is 0.102. The molecule has 88 valence electrons. The Labute approximate surface area is 98.3 Å². The molecule has 0 bridgehead atoms. The second-order valence-corrected chi connectivity index (χ2v) is 3.83. The van der Waals surface area contributed by atoms with Gasteiger partial charge in [-0.05, 0) is 31.5 Å². The lowest BCUT2D eigenvalue weighted by Crippen LogP contribution is -2.13. The molecule has 2 heterocycles. The number of nitrogens with zero attached hydrogens (tertiary/aromatic N) is 2. The highest BCUT2D eigenvalue weighted by Crippen LogP contribution is 2.10. The van der Waals surface area contributed by atoms with Crippen LogP contribution in [-0.2, 0) is 0 Å². The molecule has 2 aromatic heterocycles. The number of aryl methyl sites for hydroxylation is 2. The van der Waals surface area contributed by atoms with E-state index in [1.807, 2.05) is 19.9 Å². The number of hydrogen-bond acceptors (Lipinski definition) is 4. The maximum Gasteiger partial charge on any atom is 0.274 e. The fourth-order valence-electron chi connectivity index (χ4n) is 1.54. The number of nitrogen functional groups attached to an aromatic ring is 1. The van der Waals surface area contributed by atoms with Gasteiger partial charge in [-0.25, -0.2) is 4.98 Å². The molecule has 0 aliphatic carbocycles. The number of pyridine rings is 1. The molecule has 4 N–H and O–H groups in total. The van der Waals surface area contributed by atoms with Crippen LogP contribution in [0.5, 0.6) is 0 Å². The van der Waals surface area contributed by atoms with Gasteiger partial charge < -0.3 is 11.1 Å². The van der Waals surface area contributed by atoms with Gasteiger partial charge in [-0.1, -0.05) is 0 Å². The van der Waals surface area contributed by atoms with Crippen molar-refractivity contribution in [2.75, 3.05) is 11.1 Å². The molecule has 0 saturated carbocycles. The Hall–Kier alpha value is -2.37. The van der Waals surface area contributed by atoms with Crippen LogP contribution >= 0.6 is 0 Å². The summed E-state index contributed by atoms with van der Waals surface area (Å²) in [5.74, 6) is 0.482. The monoisotopic (exact) mass is 231 g/mol.